The van der Waals surface area contributed by atoms with Crippen molar-refractivity contribution in [3.05, 3.63) is 52.9 Å². The Morgan fingerprint density at radius 3 is 2.62 bits per heavy atom. The van der Waals surface area contributed by atoms with Gasteiger partial charge in [-0.1, -0.05) is 24.3 Å². The van der Waals surface area contributed by atoms with Gasteiger partial charge >= 0.3 is 0 Å². The summed E-state index contributed by atoms with van der Waals surface area (Å²) in [6, 6.07) is 13.0. The summed E-state index contributed by atoms with van der Waals surface area (Å²) in [4.78, 5) is 9.79. The smallest absolute Gasteiger partial charge is 0.194 e. The number of ether oxygens (including phenoxy) is 2. The first-order chi connectivity index (χ1) is 15.3. The maximum atomic E-state index is 6.08. The summed E-state index contributed by atoms with van der Waals surface area (Å²) in [6.45, 7) is 10.0. The zero-order valence-electron chi connectivity index (χ0n) is 18.9. The molecule has 4 rings (SSSR count). The Kier molecular flexibility index (Phi) is 10.6. The van der Waals surface area contributed by atoms with E-state index in [1.807, 2.05) is 11.3 Å². The normalized spacial score (nSPS) is 17.8. The Balaban J connectivity index is 0.00000289. The third kappa shape index (κ3) is 7.33. The summed E-state index contributed by atoms with van der Waals surface area (Å²) in [5.41, 5.74) is 2.44. The summed E-state index contributed by atoms with van der Waals surface area (Å²) in [5, 5.41) is 6.99. The Bertz CT molecular complexity index is 819. The first kappa shape index (κ1) is 25.3. The summed E-state index contributed by atoms with van der Waals surface area (Å²) in [5.74, 6) is 1.01. The molecule has 2 aliphatic heterocycles. The number of nitrogens with one attached hydrogen (secondary N) is 1. The molecule has 0 unspecified atom stereocenters. The Hall–Kier alpha value is -1.36. The summed E-state index contributed by atoms with van der Waals surface area (Å²) in [7, 11) is 0. The van der Waals surface area contributed by atoms with Crippen LogP contribution >= 0.6 is 35.3 Å². The van der Waals surface area contributed by atoms with Gasteiger partial charge in [0.1, 0.15) is 0 Å². The molecule has 176 valence electrons. The van der Waals surface area contributed by atoms with E-state index in [4.69, 9.17) is 14.5 Å². The predicted octanol–water partition coefficient (Wildman–Crippen LogP) is 4.35. The fraction of sp³-hybridized carbons (Fsp3) is 0.542. The van der Waals surface area contributed by atoms with Crippen LogP contribution in [0.4, 0.5) is 5.00 Å². The molecule has 6 nitrogen and oxygen atoms in total. The first-order valence-electron chi connectivity index (χ1n) is 11.4. The average molecular weight is 571 g/mol. The van der Waals surface area contributed by atoms with Crippen LogP contribution in [0.2, 0.25) is 0 Å². The molecule has 2 fully saturated rings. The van der Waals surface area contributed by atoms with Crippen LogP contribution in [0.1, 0.15) is 30.9 Å². The van der Waals surface area contributed by atoms with Gasteiger partial charge in [-0.3, -0.25) is 0 Å². The van der Waals surface area contributed by atoms with Gasteiger partial charge in [-0.25, -0.2) is 4.99 Å². The number of benzene rings is 1. The molecule has 0 amide bonds. The molecule has 1 N–H and O–H groups in total. The molecule has 2 aromatic rings. The topological polar surface area (TPSA) is 49.3 Å². The van der Waals surface area contributed by atoms with Gasteiger partial charge in [-0.05, 0) is 48.4 Å². The number of hydrogen-bond acceptors (Lipinski definition) is 5. The number of anilines is 1. The molecule has 1 aromatic carbocycles. The Labute approximate surface area is 213 Å². The maximum absolute atomic E-state index is 6.08. The lowest BCUT2D eigenvalue weighted by molar-refractivity contribution is -0.0390. The average Bonchev–Trinajstić information content (AvgIpc) is 3.37. The van der Waals surface area contributed by atoms with Crippen molar-refractivity contribution in [1.82, 2.24) is 10.2 Å². The van der Waals surface area contributed by atoms with Gasteiger partial charge in [0.15, 0.2) is 5.96 Å². The second-order valence-corrected chi connectivity index (χ2v) is 8.96. The van der Waals surface area contributed by atoms with Crippen LogP contribution in [-0.4, -0.2) is 62.9 Å². The highest BCUT2D eigenvalue weighted by Gasteiger charge is 2.20. The van der Waals surface area contributed by atoms with Crippen molar-refractivity contribution in [2.75, 3.05) is 50.8 Å². The molecule has 8 heteroatoms. The monoisotopic (exact) mass is 570 g/mol. The van der Waals surface area contributed by atoms with Crippen molar-refractivity contribution in [2.24, 2.45) is 4.99 Å². The lowest BCUT2D eigenvalue weighted by Gasteiger charge is -2.37. The number of aliphatic imine (C=N–C) groups is 1. The Morgan fingerprint density at radius 2 is 1.91 bits per heavy atom. The zero-order chi connectivity index (χ0) is 21.3. The van der Waals surface area contributed by atoms with Crippen LogP contribution in [0.15, 0.2) is 46.8 Å². The SMILES string of the molecule is CCNC(=NCc1cccc(COC2CCOCC2)c1)N1CCN(c2cccs2)CC1.I. The number of thiophene rings is 1. The molecular weight excluding hydrogens is 535 g/mol. The van der Waals surface area contributed by atoms with Crippen molar-refractivity contribution in [1.29, 1.82) is 0 Å². The fourth-order valence-corrected chi connectivity index (χ4v) is 4.84. The van der Waals surface area contributed by atoms with Gasteiger partial charge in [-0.2, -0.15) is 0 Å². The second kappa shape index (κ2) is 13.4. The highest BCUT2D eigenvalue weighted by Crippen LogP contribution is 2.22. The minimum Gasteiger partial charge on any atom is -0.381 e. The van der Waals surface area contributed by atoms with E-state index in [2.05, 4.69) is 63.8 Å². The largest absolute Gasteiger partial charge is 0.381 e. The number of guanidine groups is 1. The van der Waals surface area contributed by atoms with Crippen LogP contribution in [-0.2, 0) is 22.6 Å². The van der Waals surface area contributed by atoms with Crippen LogP contribution in [0, 0.1) is 0 Å². The minimum atomic E-state index is 0. The molecule has 0 aliphatic carbocycles. The van der Waals surface area contributed by atoms with E-state index in [9.17, 15) is 0 Å². The zero-order valence-corrected chi connectivity index (χ0v) is 22.0. The summed E-state index contributed by atoms with van der Waals surface area (Å²) in [6.07, 6.45) is 2.31. The van der Waals surface area contributed by atoms with Crippen molar-refractivity contribution in [2.45, 2.75) is 39.0 Å². The Morgan fingerprint density at radius 1 is 1.12 bits per heavy atom. The summed E-state index contributed by atoms with van der Waals surface area (Å²) >= 11 is 1.82. The molecule has 2 saturated heterocycles. The molecule has 2 aliphatic rings. The summed E-state index contributed by atoms with van der Waals surface area (Å²) < 4.78 is 11.5. The van der Waals surface area contributed by atoms with Crippen LogP contribution in [0.5, 0.6) is 0 Å². The predicted molar refractivity (Wildman–Crippen MR) is 143 cm³/mol. The highest BCUT2D eigenvalue weighted by atomic mass is 127. The van der Waals surface area contributed by atoms with Crippen molar-refractivity contribution >= 4 is 46.3 Å². The van der Waals surface area contributed by atoms with E-state index in [-0.39, 0.29) is 24.0 Å². The highest BCUT2D eigenvalue weighted by molar-refractivity contribution is 14.0. The van der Waals surface area contributed by atoms with E-state index in [1.54, 1.807) is 0 Å². The first-order valence-corrected chi connectivity index (χ1v) is 12.3. The lowest BCUT2D eigenvalue weighted by Crippen LogP contribution is -2.52. The minimum absolute atomic E-state index is 0. The van der Waals surface area contributed by atoms with Gasteiger partial charge in [0.05, 0.1) is 24.3 Å². The molecule has 1 aromatic heterocycles. The van der Waals surface area contributed by atoms with Crippen molar-refractivity contribution < 1.29 is 9.47 Å². The lowest BCUT2D eigenvalue weighted by atomic mass is 10.1. The molecule has 0 atom stereocenters. The van der Waals surface area contributed by atoms with Crippen LogP contribution < -0.4 is 10.2 Å². The van der Waals surface area contributed by atoms with Crippen molar-refractivity contribution in [3.8, 4) is 0 Å². The van der Waals surface area contributed by atoms with E-state index in [1.165, 1.54) is 16.1 Å². The van der Waals surface area contributed by atoms with E-state index in [0.717, 1.165) is 64.7 Å². The van der Waals surface area contributed by atoms with Gasteiger partial charge in [0, 0.05) is 45.9 Å². The second-order valence-electron chi connectivity index (χ2n) is 8.04. The molecule has 0 bridgehead atoms. The van der Waals surface area contributed by atoms with E-state index < -0.39 is 0 Å². The third-order valence-electron chi connectivity index (χ3n) is 5.79. The van der Waals surface area contributed by atoms with Crippen LogP contribution in [0.25, 0.3) is 0 Å². The molecule has 0 spiro atoms. The third-order valence-corrected chi connectivity index (χ3v) is 6.72. The van der Waals surface area contributed by atoms with Gasteiger partial charge in [-0.15, -0.1) is 35.3 Å². The molecule has 0 saturated carbocycles. The standard InChI is InChI=1S/C24H34N4O2S.HI/c1-2-25-24(28-12-10-27(11-13-28)23-7-4-16-31-23)26-18-20-5-3-6-21(17-20)19-30-22-8-14-29-15-9-22;/h3-7,16-17,22H,2,8-15,18-19H2,1H3,(H,25,26);1H. The number of halogens is 1. The van der Waals surface area contributed by atoms with Crippen LogP contribution in [0.3, 0.4) is 0 Å². The maximum Gasteiger partial charge on any atom is 0.194 e. The number of nitrogens with zero attached hydrogens (tertiary/aromatic N) is 3. The number of hydrogen-bond donors (Lipinski definition) is 1. The van der Waals surface area contributed by atoms with E-state index >= 15 is 0 Å². The number of piperazine rings is 1. The number of rotatable bonds is 7. The van der Waals surface area contributed by atoms with Gasteiger partial charge in [0.2, 0.25) is 0 Å². The van der Waals surface area contributed by atoms with Gasteiger partial charge < -0.3 is 24.6 Å². The molecule has 3 heterocycles. The molecular formula is C24H35IN4O2S. The fourth-order valence-electron chi connectivity index (χ4n) is 4.05. The molecule has 32 heavy (non-hydrogen) atoms. The van der Waals surface area contributed by atoms with Crippen molar-refractivity contribution in [3.63, 3.8) is 0 Å². The van der Waals surface area contributed by atoms with Gasteiger partial charge in [0.25, 0.3) is 0 Å². The molecule has 0 radical (unpaired) electrons. The van der Waals surface area contributed by atoms with E-state index in [0.29, 0.717) is 19.3 Å². The quantitative estimate of drug-likeness (QED) is 0.305.